The average molecular weight is 259 g/mol. The highest BCUT2D eigenvalue weighted by Gasteiger charge is 2.06. The molecule has 0 saturated carbocycles. The van der Waals surface area contributed by atoms with Crippen molar-refractivity contribution in [2.75, 3.05) is 26.4 Å². The first-order chi connectivity index (χ1) is 7.06. The van der Waals surface area contributed by atoms with E-state index in [0.717, 1.165) is 6.54 Å². The first-order valence-corrected chi connectivity index (χ1v) is 6.09. The van der Waals surface area contributed by atoms with Gasteiger partial charge in [-0.25, -0.2) is 0 Å². The van der Waals surface area contributed by atoms with Crippen LogP contribution in [-0.4, -0.2) is 54.5 Å². The number of aliphatic hydroxyl groups is 1. The van der Waals surface area contributed by atoms with Crippen molar-refractivity contribution >= 4 is 10.4 Å². The van der Waals surface area contributed by atoms with Gasteiger partial charge >= 0.3 is 10.4 Å². The van der Waals surface area contributed by atoms with Gasteiger partial charge in [-0.1, -0.05) is 0 Å². The second kappa shape index (κ2) is 8.85. The Morgan fingerprint density at radius 3 is 1.94 bits per heavy atom. The average Bonchev–Trinajstić information content (AvgIpc) is 1.98. The van der Waals surface area contributed by atoms with Gasteiger partial charge in [0.2, 0.25) is 0 Å². The third kappa shape index (κ3) is 37.2. The van der Waals surface area contributed by atoms with E-state index >= 15 is 0 Å². The zero-order valence-corrected chi connectivity index (χ0v) is 10.6. The Morgan fingerprint density at radius 2 is 1.62 bits per heavy atom. The van der Waals surface area contributed by atoms with Crippen molar-refractivity contribution in [3.8, 4) is 0 Å². The molecule has 0 aliphatic rings. The lowest BCUT2D eigenvalue weighted by Crippen LogP contribution is -2.38. The molecule has 0 atom stereocenters. The molecule has 0 radical (unpaired) electrons. The van der Waals surface area contributed by atoms with Crippen LogP contribution in [0, 0.1) is 0 Å². The first-order valence-electron chi connectivity index (χ1n) is 4.70. The van der Waals surface area contributed by atoms with Crippen molar-refractivity contribution in [2.24, 2.45) is 0 Å². The molecule has 7 nitrogen and oxygen atoms in total. The van der Waals surface area contributed by atoms with Gasteiger partial charge in [0.15, 0.2) is 0 Å². The third-order valence-electron chi connectivity index (χ3n) is 1.14. The van der Waals surface area contributed by atoms with Crippen LogP contribution >= 0.6 is 0 Å². The number of hydrogen-bond donors (Lipinski definition) is 4. The summed E-state index contributed by atoms with van der Waals surface area (Å²) >= 11 is 0. The summed E-state index contributed by atoms with van der Waals surface area (Å²) in [6, 6.07) is 0. The molecular formula is C8H21NO6S. The van der Waals surface area contributed by atoms with Crippen molar-refractivity contribution in [3.05, 3.63) is 0 Å². The van der Waals surface area contributed by atoms with E-state index in [2.05, 4.69) is 26.1 Å². The zero-order valence-electron chi connectivity index (χ0n) is 9.80. The molecule has 0 aliphatic carbocycles. The molecule has 0 aliphatic heterocycles. The molecule has 0 rings (SSSR count). The van der Waals surface area contributed by atoms with Gasteiger partial charge in [-0.3, -0.25) is 9.11 Å². The van der Waals surface area contributed by atoms with E-state index in [1.54, 1.807) is 0 Å². The predicted octanol–water partition coefficient (Wildman–Crippen LogP) is -0.269. The quantitative estimate of drug-likeness (QED) is 0.396. The van der Waals surface area contributed by atoms with E-state index in [9.17, 15) is 0 Å². The SMILES string of the molecule is CC(C)(C)NCCOCCO.O=S(=O)(O)O. The van der Waals surface area contributed by atoms with E-state index in [4.69, 9.17) is 27.4 Å². The third-order valence-corrected chi connectivity index (χ3v) is 1.14. The molecule has 0 aromatic heterocycles. The summed E-state index contributed by atoms with van der Waals surface area (Å²) in [4.78, 5) is 0. The van der Waals surface area contributed by atoms with Crippen molar-refractivity contribution in [2.45, 2.75) is 26.3 Å². The highest BCUT2D eigenvalue weighted by atomic mass is 32.3. The maximum absolute atomic E-state index is 8.74. The highest BCUT2D eigenvalue weighted by Crippen LogP contribution is 1.96. The minimum Gasteiger partial charge on any atom is -0.394 e. The largest absolute Gasteiger partial charge is 0.394 e. The Hall–Kier alpha value is -0.250. The minimum atomic E-state index is -4.67. The summed E-state index contributed by atoms with van der Waals surface area (Å²) in [7, 11) is -4.67. The Labute approximate surface area is 96.4 Å². The van der Waals surface area contributed by atoms with E-state index < -0.39 is 10.4 Å². The van der Waals surface area contributed by atoms with Crippen LogP contribution in [0.25, 0.3) is 0 Å². The molecule has 0 aromatic carbocycles. The van der Waals surface area contributed by atoms with Crippen LogP contribution in [0.4, 0.5) is 0 Å². The molecule has 0 unspecified atom stereocenters. The van der Waals surface area contributed by atoms with Crippen molar-refractivity contribution in [1.82, 2.24) is 5.32 Å². The summed E-state index contributed by atoms with van der Waals surface area (Å²) in [5.41, 5.74) is 0.155. The van der Waals surface area contributed by atoms with Gasteiger partial charge in [0, 0.05) is 12.1 Å². The van der Waals surface area contributed by atoms with Gasteiger partial charge in [0.05, 0.1) is 19.8 Å². The fraction of sp³-hybridized carbons (Fsp3) is 1.00. The van der Waals surface area contributed by atoms with Crippen LogP contribution in [0.5, 0.6) is 0 Å². The minimum absolute atomic E-state index is 0.107. The second-order valence-corrected chi connectivity index (χ2v) is 4.86. The summed E-state index contributed by atoms with van der Waals surface area (Å²) in [5.74, 6) is 0. The summed E-state index contributed by atoms with van der Waals surface area (Å²) < 4.78 is 36.6. The number of nitrogens with one attached hydrogen (secondary N) is 1. The molecule has 0 spiro atoms. The van der Waals surface area contributed by atoms with Gasteiger partial charge in [0.25, 0.3) is 0 Å². The molecular weight excluding hydrogens is 238 g/mol. The Balaban J connectivity index is 0. The van der Waals surface area contributed by atoms with Crippen LogP contribution in [0.3, 0.4) is 0 Å². The van der Waals surface area contributed by atoms with Crippen LogP contribution in [-0.2, 0) is 15.1 Å². The summed E-state index contributed by atoms with van der Waals surface area (Å²) in [6.07, 6.45) is 0. The smallest absolute Gasteiger partial charge is 0.394 e. The van der Waals surface area contributed by atoms with Gasteiger partial charge < -0.3 is 15.2 Å². The standard InChI is InChI=1S/C8H19NO2.H2O4S/c1-8(2,3)9-4-6-11-7-5-10;1-5(2,3)4/h9-10H,4-7H2,1-3H3;(H2,1,2,3,4). The lowest BCUT2D eigenvalue weighted by Gasteiger charge is -2.20. The van der Waals surface area contributed by atoms with Crippen molar-refractivity contribution < 1.29 is 27.4 Å². The van der Waals surface area contributed by atoms with Crippen LogP contribution in [0.2, 0.25) is 0 Å². The Bertz CT molecular complexity index is 238. The molecule has 0 heterocycles. The van der Waals surface area contributed by atoms with Gasteiger partial charge in [-0.05, 0) is 20.8 Å². The van der Waals surface area contributed by atoms with E-state index in [1.807, 2.05) is 0 Å². The molecule has 100 valence electrons. The predicted molar refractivity (Wildman–Crippen MR) is 59.8 cm³/mol. The van der Waals surface area contributed by atoms with E-state index in [1.165, 1.54) is 0 Å². The molecule has 0 bridgehead atoms. The van der Waals surface area contributed by atoms with Gasteiger partial charge in [0.1, 0.15) is 0 Å². The lowest BCUT2D eigenvalue weighted by atomic mass is 10.1. The zero-order chi connectivity index (χ0) is 13.2. The van der Waals surface area contributed by atoms with Crippen molar-refractivity contribution in [1.29, 1.82) is 0 Å². The number of aliphatic hydroxyl groups excluding tert-OH is 1. The van der Waals surface area contributed by atoms with Crippen LogP contribution in [0.1, 0.15) is 20.8 Å². The molecule has 0 amide bonds. The fourth-order valence-corrected chi connectivity index (χ4v) is 0.665. The molecule has 8 heteroatoms. The number of hydrogen-bond acceptors (Lipinski definition) is 5. The van der Waals surface area contributed by atoms with Gasteiger partial charge in [-0.2, -0.15) is 8.42 Å². The number of rotatable bonds is 5. The monoisotopic (exact) mass is 259 g/mol. The molecule has 0 aromatic rings. The Morgan fingerprint density at radius 1 is 1.19 bits per heavy atom. The summed E-state index contributed by atoms with van der Waals surface area (Å²) in [5, 5.41) is 11.7. The van der Waals surface area contributed by atoms with E-state index in [-0.39, 0.29) is 12.1 Å². The first kappa shape index (κ1) is 18.1. The maximum atomic E-state index is 8.74. The molecule has 0 saturated heterocycles. The lowest BCUT2D eigenvalue weighted by molar-refractivity contribution is 0.0910. The van der Waals surface area contributed by atoms with E-state index in [0.29, 0.717) is 13.2 Å². The van der Waals surface area contributed by atoms with Gasteiger partial charge in [-0.15, -0.1) is 0 Å². The topological polar surface area (TPSA) is 116 Å². The van der Waals surface area contributed by atoms with Crippen LogP contribution < -0.4 is 5.32 Å². The molecule has 0 fully saturated rings. The van der Waals surface area contributed by atoms with Crippen LogP contribution in [0.15, 0.2) is 0 Å². The second-order valence-electron chi connectivity index (χ2n) is 3.96. The Kier molecular flexibility index (Phi) is 10.0. The number of ether oxygens (including phenoxy) is 1. The molecule has 16 heavy (non-hydrogen) atoms. The summed E-state index contributed by atoms with van der Waals surface area (Å²) in [6.45, 7) is 8.37. The highest BCUT2D eigenvalue weighted by molar-refractivity contribution is 7.79. The fourth-order valence-electron chi connectivity index (χ4n) is 0.665. The van der Waals surface area contributed by atoms with Crippen molar-refractivity contribution in [3.63, 3.8) is 0 Å². The normalized spacial score (nSPS) is 11.9. The maximum Gasteiger partial charge on any atom is 0.394 e. The molecule has 4 N–H and O–H groups in total.